The van der Waals surface area contributed by atoms with Crippen LogP contribution >= 0.6 is 0 Å². The molecule has 0 radical (unpaired) electrons. The molecule has 0 aliphatic carbocycles. The van der Waals surface area contributed by atoms with E-state index in [0.717, 1.165) is 0 Å². The van der Waals surface area contributed by atoms with Crippen LogP contribution in [0.2, 0.25) is 0 Å². The van der Waals surface area contributed by atoms with Crippen molar-refractivity contribution in [2.75, 3.05) is 13.1 Å². The first-order valence-electron chi connectivity index (χ1n) is 7.40. The summed E-state index contributed by atoms with van der Waals surface area (Å²) in [5, 5.41) is 19.1. The number of carboxylic acids is 1. The summed E-state index contributed by atoms with van der Waals surface area (Å²) in [5.74, 6) is -0.995. The van der Waals surface area contributed by atoms with E-state index in [1.54, 1.807) is 32.9 Å². The van der Waals surface area contributed by atoms with Crippen molar-refractivity contribution >= 4 is 17.6 Å². The molecule has 0 spiro atoms. The molecule has 6 nitrogen and oxygen atoms in total. The van der Waals surface area contributed by atoms with Crippen LogP contribution in [0.3, 0.4) is 0 Å². The maximum atomic E-state index is 12.1. The number of aromatic hydroxyl groups is 1. The highest BCUT2D eigenvalue weighted by Crippen LogP contribution is 2.30. The van der Waals surface area contributed by atoms with Crippen molar-refractivity contribution in [2.45, 2.75) is 32.8 Å². The lowest BCUT2D eigenvalue weighted by atomic mass is 9.93. The number of benzene rings is 1. The highest BCUT2D eigenvalue weighted by Gasteiger charge is 2.30. The summed E-state index contributed by atoms with van der Waals surface area (Å²) in [6, 6.07) is 6.47. The molecular weight excluding hydrogens is 298 g/mol. The van der Waals surface area contributed by atoms with Gasteiger partial charge >= 0.3 is 12.1 Å². The molecule has 0 unspecified atom stereocenters. The van der Waals surface area contributed by atoms with Crippen molar-refractivity contribution in [3.8, 4) is 5.75 Å². The Balaban J connectivity index is 2.28. The first-order chi connectivity index (χ1) is 10.7. The van der Waals surface area contributed by atoms with Crippen molar-refractivity contribution in [1.82, 2.24) is 4.90 Å². The Bertz CT molecular complexity index is 657. The van der Waals surface area contributed by atoms with E-state index in [1.807, 2.05) is 0 Å². The minimum absolute atomic E-state index is 0.0186. The van der Waals surface area contributed by atoms with Gasteiger partial charge in [0.25, 0.3) is 0 Å². The van der Waals surface area contributed by atoms with E-state index in [2.05, 4.69) is 0 Å². The van der Waals surface area contributed by atoms with Crippen LogP contribution in [0.5, 0.6) is 5.75 Å². The third-order valence-corrected chi connectivity index (χ3v) is 3.45. The van der Waals surface area contributed by atoms with E-state index in [1.165, 1.54) is 17.0 Å². The van der Waals surface area contributed by atoms with Crippen molar-refractivity contribution in [3.63, 3.8) is 0 Å². The molecule has 1 aliphatic heterocycles. The second kappa shape index (κ2) is 6.32. The highest BCUT2D eigenvalue weighted by molar-refractivity contribution is 5.98. The lowest BCUT2D eigenvalue weighted by molar-refractivity contribution is -0.132. The van der Waals surface area contributed by atoms with Gasteiger partial charge in [-0.15, -0.1) is 0 Å². The molecule has 2 N–H and O–H groups in total. The van der Waals surface area contributed by atoms with E-state index in [0.29, 0.717) is 24.1 Å². The normalized spacial score (nSPS) is 15.5. The predicted molar refractivity (Wildman–Crippen MR) is 85.1 cm³/mol. The monoisotopic (exact) mass is 319 g/mol. The van der Waals surface area contributed by atoms with Crippen molar-refractivity contribution in [3.05, 3.63) is 35.4 Å². The maximum Gasteiger partial charge on any atom is 0.410 e. The second-order valence-corrected chi connectivity index (χ2v) is 6.46. The van der Waals surface area contributed by atoms with Crippen LogP contribution in [0.1, 0.15) is 32.8 Å². The number of rotatable bonds is 2. The van der Waals surface area contributed by atoms with Crippen molar-refractivity contribution in [1.29, 1.82) is 0 Å². The van der Waals surface area contributed by atoms with Crippen LogP contribution in [-0.4, -0.2) is 45.9 Å². The first kappa shape index (κ1) is 16.9. The van der Waals surface area contributed by atoms with Gasteiger partial charge in [0.2, 0.25) is 0 Å². The zero-order valence-corrected chi connectivity index (χ0v) is 13.5. The Morgan fingerprint density at radius 2 is 1.96 bits per heavy atom. The summed E-state index contributed by atoms with van der Waals surface area (Å²) in [6.45, 7) is 5.65. The highest BCUT2D eigenvalue weighted by atomic mass is 16.6. The smallest absolute Gasteiger partial charge is 0.410 e. The molecule has 1 aliphatic rings. The van der Waals surface area contributed by atoms with Crippen LogP contribution in [0, 0.1) is 0 Å². The SMILES string of the molecule is CC(C)(C)OC(=O)N1CCC(c2cccc(O)c2)=C(C(=O)O)C1. The summed E-state index contributed by atoms with van der Waals surface area (Å²) < 4.78 is 5.30. The largest absolute Gasteiger partial charge is 0.508 e. The molecule has 1 heterocycles. The number of carbonyl (C=O) groups is 2. The fraction of sp³-hybridized carbons (Fsp3) is 0.412. The fourth-order valence-electron chi connectivity index (χ4n) is 2.45. The number of ether oxygens (including phenoxy) is 1. The number of hydrogen-bond donors (Lipinski definition) is 2. The molecular formula is C17H21NO5. The number of phenolic OH excluding ortho intramolecular Hbond substituents is 1. The molecule has 1 aromatic rings. The molecule has 0 saturated carbocycles. The number of amides is 1. The van der Waals surface area contributed by atoms with Gasteiger partial charge in [-0.2, -0.15) is 0 Å². The maximum absolute atomic E-state index is 12.1. The average molecular weight is 319 g/mol. The molecule has 0 aromatic heterocycles. The zero-order chi connectivity index (χ0) is 17.2. The Labute approximate surface area is 135 Å². The Kier molecular flexibility index (Phi) is 4.63. The third kappa shape index (κ3) is 4.25. The average Bonchev–Trinajstić information content (AvgIpc) is 2.44. The molecule has 1 amide bonds. The minimum Gasteiger partial charge on any atom is -0.508 e. The van der Waals surface area contributed by atoms with E-state index < -0.39 is 17.7 Å². The van der Waals surface area contributed by atoms with E-state index >= 15 is 0 Å². The second-order valence-electron chi connectivity index (χ2n) is 6.46. The molecule has 1 aromatic carbocycles. The number of phenols is 1. The van der Waals surface area contributed by atoms with Gasteiger partial charge in [0.1, 0.15) is 11.4 Å². The third-order valence-electron chi connectivity index (χ3n) is 3.45. The van der Waals surface area contributed by atoms with Gasteiger partial charge in [-0.3, -0.25) is 0 Å². The van der Waals surface area contributed by atoms with Crippen LogP contribution < -0.4 is 0 Å². The van der Waals surface area contributed by atoms with Crippen LogP contribution in [0.4, 0.5) is 4.79 Å². The van der Waals surface area contributed by atoms with Crippen LogP contribution in [0.15, 0.2) is 29.8 Å². The quantitative estimate of drug-likeness (QED) is 0.875. The van der Waals surface area contributed by atoms with Crippen molar-refractivity contribution in [2.24, 2.45) is 0 Å². The number of aliphatic carboxylic acids is 1. The van der Waals surface area contributed by atoms with E-state index in [9.17, 15) is 19.8 Å². The Hall–Kier alpha value is -2.50. The number of carboxylic acid groups (broad SMARTS) is 1. The van der Waals surface area contributed by atoms with E-state index in [4.69, 9.17) is 4.74 Å². The van der Waals surface area contributed by atoms with Gasteiger partial charge in [-0.1, -0.05) is 12.1 Å². The minimum atomic E-state index is -1.07. The van der Waals surface area contributed by atoms with Gasteiger partial charge < -0.3 is 19.8 Å². The van der Waals surface area contributed by atoms with Gasteiger partial charge in [0, 0.05) is 6.54 Å². The lowest BCUT2D eigenvalue weighted by Gasteiger charge is -2.31. The topological polar surface area (TPSA) is 87.1 Å². The molecule has 6 heteroatoms. The van der Waals surface area contributed by atoms with Gasteiger partial charge in [0.05, 0.1) is 12.1 Å². The number of nitrogens with zero attached hydrogens (tertiary/aromatic N) is 1. The Morgan fingerprint density at radius 3 is 2.52 bits per heavy atom. The molecule has 23 heavy (non-hydrogen) atoms. The first-order valence-corrected chi connectivity index (χ1v) is 7.40. The predicted octanol–water partition coefficient (Wildman–Crippen LogP) is 2.87. The molecule has 0 bridgehead atoms. The Morgan fingerprint density at radius 1 is 1.26 bits per heavy atom. The van der Waals surface area contributed by atoms with Crippen LogP contribution in [0.25, 0.3) is 5.57 Å². The van der Waals surface area contributed by atoms with Crippen molar-refractivity contribution < 1.29 is 24.5 Å². The molecule has 0 saturated heterocycles. The number of hydrogen-bond acceptors (Lipinski definition) is 4. The molecule has 2 rings (SSSR count). The summed E-state index contributed by atoms with van der Waals surface area (Å²) in [7, 11) is 0. The van der Waals surface area contributed by atoms with E-state index in [-0.39, 0.29) is 17.9 Å². The number of carbonyl (C=O) groups excluding carboxylic acids is 1. The van der Waals surface area contributed by atoms with Gasteiger partial charge in [-0.25, -0.2) is 9.59 Å². The van der Waals surface area contributed by atoms with Gasteiger partial charge in [-0.05, 0) is 50.5 Å². The van der Waals surface area contributed by atoms with Gasteiger partial charge in [0.15, 0.2) is 0 Å². The lowest BCUT2D eigenvalue weighted by Crippen LogP contribution is -2.41. The molecule has 0 atom stereocenters. The summed E-state index contributed by atoms with van der Waals surface area (Å²) in [4.78, 5) is 25.1. The molecule has 124 valence electrons. The standard InChI is InChI=1S/C17H21NO5/c1-17(2,3)23-16(22)18-8-7-13(14(10-18)15(20)21)11-5-4-6-12(19)9-11/h4-6,9,19H,7-8,10H2,1-3H3,(H,20,21). The summed E-state index contributed by atoms with van der Waals surface area (Å²) >= 11 is 0. The summed E-state index contributed by atoms with van der Waals surface area (Å²) in [6.07, 6.45) is -0.129. The molecule has 0 fully saturated rings. The van der Waals surface area contributed by atoms with Crippen LogP contribution in [-0.2, 0) is 9.53 Å². The fourth-order valence-corrected chi connectivity index (χ4v) is 2.45. The zero-order valence-electron chi connectivity index (χ0n) is 13.5. The summed E-state index contributed by atoms with van der Waals surface area (Å²) in [5.41, 5.74) is 0.808.